The molecule has 0 spiro atoms. The highest BCUT2D eigenvalue weighted by Crippen LogP contribution is 2.08. The van der Waals surface area contributed by atoms with Crippen LogP contribution in [0.5, 0.6) is 0 Å². The van der Waals surface area contributed by atoms with Gasteiger partial charge in [-0.05, 0) is 25.5 Å². The molecule has 0 aliphatic carbocycles. The van der Waals surface area contributed by atoms with E-state index in [0.29, 0.717) is 12.5 Å². The molecule has 0 aromatic heterocycles. The molecule has 0 saturated carbocycles. The Morgan fingerprint density at radius 3 is 2.56 bits per heavy atom. The summed E-state index contributed by atoms with van der Waals surface area (Å²) in [6.45, 7) is 3.16. The van der Waals surface area contributed by atoms with E-state index < -0.39 is 0 Å². The van der Waals surface area contributed by atoms with Crippen LogP contribution in [0.1, 0.15) is 25.3 Å². The monoisotopic (exact) mass is 216 g/mol. The van der Waals surface area contributed by atoms with E-state index in [1.54, 1.807) is 0 Å². The maximum atomic E-state index is 8.73. The Morgan fingerprint density at radius 2 is 2.00 bits per heavy atom. The third kappa shape index (κ3) is 4.04. The molecule has 2 nitrogen and oxygen atoms in total. The van der Waals surface area contributed by atoms with Gasteiger partial charge in [-0.2, -0.15) is 5.26 Å². The van der Waals surface area contributed by atoms with Crippen molar-refractivity contribution in [3.63, 3.8) is 0 Å². The lowest BCUT2D eigenvalue weighted by Gasteiger charge is -2.24. The number of likely N-dealkylation sites (N-methyl/N-ethyl adjacent to an activating group) is 1. The Kier molecular flexibility index (Phi) is 5.60. The van der Waals surface area contributed by atoms with Crippen molar-refractivity contribution in [3.05, 3.63) is 35.9 Å². The van der Waals surface area contributed by atoms with Crippen LogP contribution in [-0.2, 0) is 6.42 Å². The molecule has 1 aromatic rings. The van der Waals surface area contributed by atoms with Gasteiger partial charge in [-0.25, -0.2) is 0 Å². The zero-order chi connectivity index (χ0) is 11.8. The smallest absolute Gasteiger partial charge is 0.0638 e. The summed E-state index contributed by atoms with van der Waals surface area (Å²) in [5.74, 6) is 0. The normalized spacial score (nSPS) is 12.4. The Balaban J connectivity index is 2.40. The van der Waals surface area contributed by atoms with E-state index in [1.165, 1.54) is 5.56 Å². The van der Waals surface area contributed by atoms with Gasteiger partial charge in [-0.15, -0.1) is 0 Å². The van der Waals surface area contributed by atoms with Crippen molar-refractivity contribution in [1.82, 2.24) is 4.90 Å². The largest absolute Gasteiger partial charge is 0.302 e. The van der Waals surface area contributed by atoms with Crippen LogP contribution < -0.4 is 0 Å². The Bertz CT molecular complexity index is 326. The minimum Gasteiger partial charge on any atom is -0.302 e. The Morgan fingerprint density at radius 1 is 1.31 bits per heavy atom. The van der Waals surface area contributed by atoms with Crippen LogP contribution >= 0.6 is 0 Å². The van der Waals surface area contributed by atoms with Crippen LogP contribution in [0.2, 0.25) is 0 Å². The third-order valence-corrected chi connectivity index (χ3v) is 3.02. The summed E-state index contributed by atoms with van der Waals surface area (Å²) in [5, 5.41) is 8.73. The fourth-order valence-electron chi connectivity index (χ4n) is 1.85. The molecule has 16 heavy (non-hydrogen) atoms. The van der Waals surface area contributed by atoms with Gasteiger partial charge in [0, 0.05) is 12.6 Å². The van der Waals surface area contributed by atoms with Crippen molar-refractivity contribution in [2.45, 2.75) is 32.2 Å². The standard InChI is InChI=1S/C14H20N2/c1-3-14(9-11-15)16(2)12-10-13-7-5-4-6-8-13/h4-8,14H,3,9-10,12H2,1-2H3. The lowest BCUT2D eigenvalue weighted by Crippen LogP contribution is -2.32. The van der Waals surface area contributed by atoms with Crippen LogP contribution in [0, 0.1) is 11.3 Å². The molecule has 0 heterocycles. The third-order valence-electron chi connectivity index (χ3n) is 3.02. The van der Waals surface area contributed by atoms with Gasteiger partial charge in [-0.3, -0.25) is 0 Å². The highest BCUT2D eigenvalue weighted by atomic mass is 15.1. The summed E-state index contributed by atoms with van der Waals surface area (Å²) in [4.78, 5) is 2.29. The van der Waals surface area contributed by atoms with Crippen molar-refractivity contribution in [2.75, 3.05) is 13.6 Å². The lowest BCUT2D eigenvalue weighted by molar-refractivity contribution is 0.241. The van der Waals surface area contributed by atoms with Crippen LogP contribution in [0.4, 0.5) is 0 Å². The molecule has 0 saturated heterocycles. The Hall–Kier alpha value is -1.33. The molecule has 1 rings (SSSR count). The fraction of sp³-hybridized carbons (Fsp3) is 0.500. The number of benzene rings is 1. The molecule has 1 unspecified atom stereocenters. The number of rotatable bonds is 6. The van der Waals surface area contributed by atoms with Gasteiger partial charge in [-0.1, -0.05) is 37.3 Å². The van der Waals surface area contributed by atoms with Gasteiger partial charge in [0.25, 0.3) is 0 Å². The van der Waals surface area contributed by atoms with E-state index in [2.05, 4.69) is 49.2 Å². The molecular formula is C14H20N2. The van der Waals surface area contributed by atoms with Crippen molar-refractivity contribution < 1.29 is 0 Å². The molecule has 0 fully saturated rings. The highest BCUT2D eigenvalue weighted by molar-refractivity contribution is 5.14. The summed E-state index contributed by atoms with van der Waals surface area (Å²) >= 11 is 0. The molecule has 2 heteroatoms. The molecule has 0 N–H and O–H groups in total. The number of nitrogens with zero attached hydrogens (tertiary/aromatic N) is 2. The number of hydrogen-bond acceptors (Lipinski definition) is 2. The van der Waals surface area contributed by atoms with Crippen LogP contribution in [0.25, 0.3) is 0 Å². The first-order valence-electron chi connectivity index (χ1n) is 5.89. The van der Waals surface area contributed by atoms with E-state index in [0.717, 1.165) is 19.4 Å². The molecule has 0 radical (unpaired) electrons. The molecule has 0 aliphatic heterocycles. The molecule has 0 amide bonds. The average molecular weight is 216 g/mol. The number of nitriles is 1. The maximum absolute atomic E-state index is 8.73. The maximum Gasteiger partial charge on any atom is 0.0638 e. The highest BCUT2D eigenvalue weighted by Gasteiger charge is 2.11. The van der Waals surface area contributed by atoms with Crippen molar-refractivity contribution in [1.29, 1.82) is 5.26 Å². The van der Waals surface area contributed by atoms with Gasteiger partial charge in [0.2, 0.25) is 0 Å². The molecular weight excluding hydrogens is 196 g/mol. The zero-order valence-electron chi connectivity index (χ0n) is 10.2. The van der Waals surface area contributed by atoms with Crippen LogP contribution in [0.15, 0.2) is 30.3 Å². The van der Waals surface area contributed by atoms with E-state index in [-0.39, 0.29) is 0 Å². The first-order chi connectivity index (χ1) is 7.77. The van der Waals surface area contributed by atoms with Crippen LogP contribution in [-0.4, -0.2) is 24.5 Å². The lowest BCUT2D eigenvalue weighted by atomic mass is 10.1. The summed E-state index contributed by atoms with van der Waals surface area (Å²) in [5.41, 5.74) is 1.36. The minimum absolute atomic E-state index is 0.397. The van der Waals surface area contributed by atoms with Gasteiger partial charge in [0.1, 0.15) is 0 Å². The van der Waals surface area contributed by atoms with Gasteiger partial charge >= 0.3 is 0 Å². The predicted octanol–water partition coefficient (Wildman–Crippen LogP) is 2.85. The van der Waals surface area contributed by atoms with E-state index >= 15 is 0 Å². The number of hydrogen-bond donors (Lipinski definition) is 0. The molecule has 0 bridgehead atoms. The van der Waals surface area contributed by atoms with Crippen molar-refractivity contribution in [3.8, 4) is 6.07 Å². The second-order valence-corrected chi connectivity index (χ2v) is 4.14. The van der Waals surface area contributed by atoms with Crippen LogP contribution in [0.3, 0.4) is 0 Å². The first-order valence-corrected chi connectivity index (χ1v) is 5.89. The quantitative estimate of drug-likeness (QED) is 0.731. The molecule has 1 atom stereocenters. The van der Waals surface area contributed by atoms with E-state index in [4.69, 9.17) is 5.26 Å². The summed E-state index contributed by atoms with van der Waals surface area (Å²) in [6, 6.07) is 13.1. The van der Waals surface area contributed by atoms with Gasteiger partial charge in [0.05, 0.1) is 12.5 Å². The fourth-order valence-corrected chi connectivity index (χ4v) is 1.85. The Labute approximate surface area is 98.5 Å². The average Bonchev–Trinajstić information content (AvgIpc) is 2.34. The first kappa shape index (κ1) is 12.7. The van der Waals surface area contributed by atoms with Crippen molar-refractivity contribution >= 4 is 0 Å². The summed E-state index contributed by atoms with van der Waals surface area (Å²) < 4.78 is 0. The van der Waals surface area contributed by atoms with Gasteiger partial charge < -0.3 is 4.90 Å². The van der Waals surface area contributed by atoms with E-state index in [9.17, 15) is 0 Å². The van der Waals surface area contributed by atoms with Gasteiger partial charge in [0.15, 0.2) is 0 Å². The second-order valence-electron chi connectivity index (χ2n) is 4.14. The zero-order valence-corrected chi connectivity index (χ0v) is 10.2. The van der Waals surface area contributed by atoms with Crippen molar-refractivity contribution in [2.24, 2.45) is 0 Å². The summed E-state index contributed by atoms with van der Waals surface area (Å²) in [7, 11) is 2.11. The predicted molar refractivity (Wildman–Crippen MR) is 67.1 cm³/mol. The SMILES string of the molecule is CCC(CC#N)N(C)CCc1ccccc1. The second kappa shape index (κ2) is 7.03. The molecule has 86 valence electrons. The molecule has 1 aromatic carbocycles. The van der Waals surface area contributed by atoms with E-state index in [1.807, 2.05) is 6.07 Å². The topological polar surface area (TPSA) is 27.0 Å². The summed E-state index contributed by atoms with van der Waals surface area (Å²) in [6.07, 6.45) is 2.72. The molecule has 0 aliphatic rings. The minimum atomic E-state index is 0.397.